The summed E-state index contributed by atoms with van der Waals surface area (Å²) in [6, 6.07) is 1.68. The highest BCUT2D eigenvalue weighted by atomic mass is 32.1. The first-order valence-electron chi connectivity index (χ1n) is 13.9. The lowest BCUT2D eigenvalue weighted by molar-refractivity contribution is -0.124. The van der Waals surface area contributed by atoms with E-state index in [9.17, 15) is 20.1 Å². The molecule has 1 aromatic rings. The summed E-state index contributed by atoms with van der Waals surface area (Å²) in [5, 5.41) is 31.8. The van der Waals surface area contributed by atoms with Gasteiger partial charge < -0.3 is 29.7 Å². The van der Waals surface area contributed by atoms with Gasteiger partial charge in [-0.25, -0.2) is 0 Å². The quantitative estimate of drug-likeness (QED) is 0.261. The largest absolute Gasteiger partial charge is 0.387 e. The standard InChI is InChI=1S/C30H43NO6S/c1-20-5-7-21(8-6-20)27(32)31(25-17-24(11-13-29(2,3)4)38-26(25)28(33)34)22-9-14-30(35,15-10-22)19-37-23-12-16-36-18-23/h5,17,21-23,28,33-35H,6-10,12,14-16,18-19H2,1-4H3. The first-order valence-corrected chi connectivity index (χ1v) is 14.7. The van der Waals surface area contributed by atoms with Crippen molar-refractivity contribution < 1.29 is 29.6 Å². The number of allylic oxidation sites excluding steroid dienone is 2. The van der Waals surface area contributed by atoms with Crippen molar-refractivity contribution in [3.05, 3.63) is 27.5 Å². The smallest absolute Gasteiger partial charge is 0.230 e. The Hall–Kier alpha value is -1.73. The Labute approximate surface area is 230 Å². The van der Waals surface area contributed by atoms with E-state index in [-0.39, 0.29) is 36.0 Å². The fourth-order valence-corrected chi connectivity index (χ4v) is 6.30. The number of aliphatic hydroxyl groups is 3. The van der Waals surface area contributed by atoms with Gasteiger partial charge in [-0.15, -0.1) is 11.3 Å². The first-order chi connectivity index (χ1) is 17.9. The Morgan fingerprint density at radius 3 is 2.58 bits per heavy atom. The van der Waals surface area contributed by atoms with Crippen molar-refractivity contribution in [3.8, 4) is 11.8 Å². The maximum Gasteiger partial charge on any atom is 0.230 e. The fourth-order valence-electron chi connectivity index (χ4n) is 5.42. The molecule has 38 heavy (non-hydrogen) atoms. The summed E-state index contributed by atoms with van der Waals surface area (Å²) in [6.45, 7) is 9.70. The number of hydrogen-bond acceptors (Lipinski definition) is 7. The van der Waals surface area contributed by atoms with Crippen LogP contribution in [0.1, 0.15) is 95.1 Å². The normalized spacial score (nSPS) is 28.1. The second kappa shape index (κ2) is 12.2. The van der Waals surface area contributed by atoms with Gasteiger partial charge in [0.25, 0.3) is 0 Å². The van der Waals surface area contributed by atoms with Gasteiger partial charge in [0.1, 0.15) is 0 Å². The molecule has 0 aromatic carbocycles. The Kier molecular flexibility index (Phi) is 9.39. The highest BCUT2D eigenvalue weighted by molar-refractivity contribution is 7.13. The van der Waals surface area contributed by atoms with E-state index < -0.39 is 11.9 Å². The van der Waals surface area contributed by atoms with Crippen molar-refractivity contribution >= 4 is 22.9 Å². The van der Waals surface area contributed by atoms with Crippen molar-refractivity contribution in [2.24, 2.45) is 11.3 Å². The molecule has 210 valence electrons. The number of hydrogen-bond donors (Lipinski definition) is 3. The molecule has 0 radical (unpaired) electrons. The first kappa shape index (κ1) is 29.3. The van der Waals surface area contributed by atoms with Crippen molar-refractivity contribution in [1.82, 2.24) is 0 Å². The highest BCUT2D eigenvalue weighted by Crippen LogP contribution is 2.41. The molecule has 2 unspecified atom stereocenters. The van der Waals surface area contributed by atoms with Gasteiger partial charge in [-0.3, -0.25) is 4.79 Å². The van der Waals surface area contributed by atoms with Gasteiger partial charge in [-0.1, -0.05) is 23.5 Å². The third-order valence-corrected chi connectivity index (χ3v) is 8.83. The van der Waals surface area contributed by atoms with Crippen LogP contribution in [0.4, 0.5) is 5.69 Å². The Morgan fingerprint density at radius 1 is 1.26 bits per heavy atom. The third kappa shape index (κ3) is 7.47. The van der Waals surface area contributed by atoms with Crippen LogP contribution in [0.25, 0.3) is 0 Å². The maximum atomic E-state index is 14.1. The Balaban J connectivity index is 1.59. The minimum atomic E-state index is -1.70. The lowest BCUT2D eigenvalue weighted by Crippen LogP contribution is -2.50. The number of carbonyl (C=O) groups is 1. The zero-order valence-corrected chi connectivity index (χ0v) is 24.0. The van der Waals surface area contributed by atoms with Crippen molar-refractivity contribution in [1.29, 1.82) is 0 Å². The molecule has 7 nitrogen and oxygen atoms in total. The van der Waals surface area contributed by atoms with Crippen LogP contribution in [0.2, 0.25) is 0 Å². The SMILES string of the molecule is CC1=CCC(C(=O)N(c2cc(C#CC(C)(C)C)sc2C(O)O)C2CCC(O)(COC3CCOC3)CC2)CC1. The average molecular weight is 546 g/mol. The predicted octanol–water partition coefficient (Wildman–Crippen LogP) is 4.69. The number of carbonyl (C=O) groups excluding carboxylic acids is 1. The number of aliphatic hydroxyl groups excluding tert-OH is 1. The maximum absolute atomic E-state index is 14.1. The second-order valence-corrected chi connectivity index (χ2v) is 13.3. The van der Waals surface area contributed by atoms with Gasteiger partial charge in [-0.05, 0) is 85.1 Å². The molecule has 1 amide bonds. The molecule has 0 bridgehead atoms. The molecule has 2 heterocycles. The second-order valence-electron chi connectivity index (χ2n) is 12.2. The van der Waals surface area contributed by atoms with Gasteiger partial charge in [0, 0.05) is 24.0 Å². The van der Waals surface area contributed by atoms with E-state index in [1.807, 2.05) is 26.8 Å². The highest BCUT2D eigenvalue weighted by Gasteiger charge is 2.41. The van der Waals surface area contributed by atoms with Crippen molar-refractivity contribution in [2.75, 3.05) is 24.7 Å². The molecule has 4 rings (SSSR count). The average Bonchev–Trinajstić information content (AvgIpc) is 3.53. The number of thiophene rings is 1. The molecule has 8 heteroatoms. The summed E-state index contributed by atoms with van der Waals surface area (Å²) >= 11 is 1.23. The van der Waals surface area contributed by atoms with Gasteiger partial charge >= 0.3 is 0 Å². The van der Waals surface area contributed by atoms with E-state index in [2.05, 4.69) is 24.8 Å². The minimum absolute atomic E-state index is 0.0126. The summed E-state index contributed by atoms with van der Waals surface area (Å²) in [4.78, 5) is 16.9. The van der Waals surface area contributed by atoms with E-state index in [0.29, 0.717) is 60.8 Å². The van der Waals surface area contributed by atoms with Gasteiger partial charge in [0.2, 0.25) is 5.91 Å². The summed E-state index contributed by atoms with van der Waals surface area (Å²) in [6.07, 6.45) is 5.91. The van der Waals surface area contributed by atoms with Crippen LogP contribution in [0.15, 0.2) is 17.7 Å². The van der Waals surface area contributed by atoms with E-state index >= 15 is 0 Å². The van der Waals surface area contributed by atoms with Crippen LogP contribution in [0.3, 0.4) is 0 Å². The van der Waals surface area contributed by atoms with Crippen LogP contribution in [0.5, 0.6) is 0 Å². The predicted molar refractivity (Wildman–Crippen MR) is 149 cm³/mol. The molecule has 2 aliphatic carbocycles. The van der Waals surface area contributed by atoms with Crippen LogP contribution in [-0.4, -0.2) is 58.8 Å². The van der Waals surface area contributed by atoms with Crippen LogP contribution in [0, 0.1) is 23.2 Å². The molecule has 3 N–H and O–H groups in total. The molecular weight excluding hydrogens is 502 g/mol. The van der Waals surface area contributed by atoms with Crippen molar-refractivity contribution in [2.45, 2.75) is 103 Å². The molecule has 2 atom stereocenters. The fraction of sp³-hybridized carbons (Fsp3) is 0.700. The number of amides is 1. The lowest BCUT2D eigenvalue weighted by atomic mass is 9.81. The molecule has 1 saturated carbocycles. The number of anilines is 1. The van der Waals surface area contributed by atoms with Crippen LogP contribution < -0.4 is 4.90 Å². The summed E-state index contributed by atoms with van der Waals surface area (Å²) in [7, 11) is 0. The van der Waals surface area contributed by atoms with Crippen LogP contribution >= 0.6 is 11.3 Å². The van der Waals surface area contributed by atoms with Gasteiger partial charge in [0.05, 0.1) is 40.4 Å². The third-order valence-electron chi connectivity index (χ3n) is 7.75. The Morgan fingerprint density at radius 2 is 2.00 bits per heavy atom. The number of nitrogens with zero attached hydrogens (tertiary/aromatic N) is 1. The molecule has 1 aromatic heterocycles. The monoisotopic (exact) mass is 545 g/mol. The lowest BCUT2D eigenvalue weighted by Gasteiger charge is -2.42. The summed E-state index contributed by atoms with van der Waals surface area (Å²) in [5.74, 6) is 6.24. The Bertz CT molecular complexity index is 1060. The summed E-state index contributed by atoms with van der Waals surface area (Å²) < 4.78 is 11.3. The zero-order chi connectivity index (χ0) is 27.5. The van der Waals surface area contributed by atoms with Gasteiger partial charge in [0.15, 0.2) is 6.29 Å². The molecule has 2 fully saturated rings. The molecule has 3 aliphatic rings. The van der Waals surface area contributed by atoms with E-state index in [1.165, 1.54) is 16.9 Å². The number of ether oxygens (including phenoxy) is 2. The van der Waals surface area contributed by atoms with Crippen molar-refractivity contribution in [3.63, 3.8) is 0 Å². The minimum Gasteiger partial charge on any atom is -0.387 e. The summed E-state index contributed by atoms with van der Waals surface area (Å²) in [5.41, 5.74) is 0.701. The van der Waals surface area contributed by atoms with E-state index in [4.69, 9.17) is 9.47 Å². The molecule has 1 saturated heterocycles. The molecular formula is C30H43NO6S. The van der Waals surface area contributed by atoms with E-state index in [0.717, 1.165) is 19.3 Å². The van der Waals surface area contributed by atoms with Gasteiger partial charge in [-0.2, -0.15) is 0 Å². The van der Waals surface area contributed by atoms with E-state index in [1.54, 1.807) is 4.90 Å². The molecule has 0 spiro atoms. The molecule has 1 aliphatic heterocycles. The topological polar surface area (TPSA) is 99.5 Å². The number of rotatable bonds is 7. The zero-order valence-electron chi connectivity index (χ0n) is 23.2. The van der Waals surface area contributed by atoms with Crippen LogP contribution in [-0.2, 0) is 14.3 Å².